The Hall–Kier alpha value is -4.05. The van der Waals surface area contributed by atoms with Crippen LogP contribution < -0.4 is 10.6 Å². The van der Waals surface area contributed by atoms with Crippen LogP contribution in [-0.2, 0) is 11.0 Å². The molecule has 0 aromatic heterocycles. The lowest BCUT2D eigenvalue weighted by Crippen LogP contribution is -2.43. The number of aliphatic imine (C=N–C) groups is 1. The standard InChI is InChI=1S/C29H25F3N4O2S/c1-18-24(27(38)34-22-8-3-2-4-9-22)25(36-15-6-16-39-28(36)33-18)20-7-5-10-23(17-20)35-26(37)19-11-13-21(14-12-19)29(30,31)32/h2-5,7-14,17,25H,6,15-16H2,1H3,(H,34,38)(H,35,37). The Bertz CT molecular complexity index is 1450. The summed E-state index contributed by atoms with van der Waals surface area (Å²) in [5.74, 6) is 0.139. The Kier molecular flexibility index (Phi) is 7.47. The molecule has 3 aromatic rings. The molecule has 6 nitrogen and oxygen atoms in total. The van der Waals surface area contributed by atoms with Gasteiger partial charge in [0.1, 0.15) is 0 Å². The number of hydrogen-bond acceptors (Lipinski definition) is 5. The molecule has 1 fully saturated rings. The Morgan fingerprint density at radius 3 is 2.33 bits per heavy atom. The minimum Gasteiger partial charge on any atom is -0.340 e. The van der Waals surface area contributed by atoms with Gasteiger partial charge in [0.25, 0.3) is 11.8 Å². The van der Waals surface area contributed by atoms with Crippen LogP contribution in [0.1, 0.15) is 40.9 Å². The lowest BCUT2D eigenvalue weighted by atomic mass is 9.93. The van der Waals surface area contributed by atoms with Gasteiger partial charge in [-0.15, -0.1) is 0 Å². The molecular weight excluding hydrogens is 525 g/mol. The maximum atomic E-state index is 13.6. The first-order chi connectivity index (χ1) is 18.7. The van der Waals surface area contributed by atoms with E-state index in [1.807, 2.05) is 43.3 Å². The van der Waals surface area contributed by atoms with E-state index < -0.39 is 23.7 Å². The number of amidine groups is 1. The van der Waals surface area contributed by atoms with E-state index in [4.69, 9.17) is 4.99 Å². The number of carbonyl (C=O) groups is 2. The maximum Gasteiger partial charge on any atom is 0.416 e. The monoisotopic (exact) mass is 550 g/mol. The van der Waals surface area contributed by atoms with Gasteiger partial charge >= 0.3 is 6.18 Å². The summed E-state index contributed by atoms with van der Waals surface area (Å²) in [5, 5.41) is 6.59. The van der Waals surface area contributed by atoms with Crippen molar-refractivity contribution in [2.75, 3.05) is 22.9 Å². The Morgan fingerprint density at radius 2 is 1.62 bits per heavy atom. The molecule has 1 atom stereocenters. The molecule has 3 aromatic carbocycles. The molecule has 2 amide bonds. The average Bonchev–Trinajstić information content (AvgIpc) is 2.92. The van der Waals surface area contributed by atoms with Gasteiger partial charge in [0, 0.05) is 29.2 Å². The molecule has 0 radical (unpaired) electrons. The number of carbonyl (C=O) groups excluding carboxylic acids is 2. The van der Waals surface area contributed by atoms with Gasteiger partial charge < -0.3 is 15.5 Å². The topological polar surface area (TPSA) is 73.8 Å². The number of para-hydroxylation sites is 1. The van der Waals surface area contributed by atoms with Gasteiger partial charge in [-0.25, -0.2) is 4.99 Å². The number of anilines is 2. The molecule has 2 N–H and O–H groups in total. The van der Waals surface area contributed by atoms with Gasteiger partial charge in [0.2, 0.25) is 0 Å². The fourth-order valence-electron chi connectivity index (χ4n) is 4.63. The van der Waals surface area contributed by atoms with Crippen LogP contribution in [0.4, 0.5) is 24.5 Å². The van der Waals surface area contributed by atoms with E-state index in [0.29, 0.717) is 29.2 Å². The highest BCUT2D eigenvalue weighted by atomic mass is 32.2. The van der Waals surface area contributed by atoms with Crippen LogP contribution >= 0.6 is 11.8 Å². The van der Waals surface area contributed by atoms with Crippen molar-refractivity contribution < 1.29 is 22.8 Å². The van der Waals surface area contributed by atoms with Crippen LogP contribution in [0.3, 0.4) is 0 Å². The molecule has 1 saturated heterocycles. The number of nitrogens with one attached hydrogen (secondary N) is 2. The lowest BCUT2D eigenvalue weighted by Gasteiger charge is -2.41. The van der Waals surface area contributed by atoms with Crippen molar-refractivity contribution in [1.82, 2.24) is 4.90 Å². The molecule has 0 bridgehead atoms. The second kappa shape index (κ2) is 11.0. The molecule has 2 aliphatic heterocycles. The number of rotatable bonds is 5. The molecule has 0 spiro atoms. The van der Waals surface area contributed by atoms with E-state index >= 15 is 0 Å². The highest BCUT2D eigenvalue weighted by molar-refractivity contribution is 8.13. The summed E-state index contributed by atoms with van der Waals surface area (Å²) >= 11 is 1.64. The minimum absolute atomic E-state index is 0.103. The summed E-state index contributed by atoms with van der Waals surface area (Å²) in [4.78, 5) is 33.2. The number of halogens is 3. The van der Waals surface area contributed by atoms with Gasteiger partial charge in [0.15, 0.2) is 5.17 Å². The molecular formula is C29H25F3N4O2S. The van der Waals surface area contributed by atoms with Crippen LogP contribution in [-0.4, -0.2) is 34.2 Å². The summed E-state index contributed by atoms with van der Waals surface area (Å²) in [7, 11) is 0. The molecule has 2 heterocycles. The summed E-state index contributed by atoms with van der Waals surface area (Å²) < 4.78 is 38.7. The first kappa shape index (κ1) is 26.6. The molecule has 1 unspecified atom stereocenters. The number of hydrogen-bond donors (Lipinski definition) is 2. The van der Waals surface area contributed by atoms with E-state index in [0.717, 1.165) is 47.2 Å². The maximum absolute atomic E-state index is 13.6. The van der Waals surface area contributed by atoms with Gasteiger partial charge in [-0.05, 0) is 67.4 Å². The zero-order chi connectivity index (χ0) is 27.6. The Labute approximate surface area is 228 Å². The normalized spacial score (nSPS) is 17.3. The third-order valence-corrected chi connectivity index (χ3v) is 7.55. The van der Waals surface area contributed by atoms with Crippen molar-refractivity contribution in [3.63, 3.8) is 0 Å². The largest absolute Gasteiger partial charge is 0.416 e. The quantitative estimate of drug-likeness (QED) is 0.370. The molecule has 2 aliphatic rings. The number of allylic oxidation sites excluding steroid dienone is 1. The number of nitrogens with zero attached hydrogens (tertiary/aromatic N) is 2. The summed E-state index contributed by atoms with van der Waals surface area (Å²) in [6, 6.07) is 20.0. The second-order valence-electron chi connectivity index (χ2n) is 9.17. The van der Waals surface area contributed by atoms with Crippen molar-refractivity contribution in [3.8, 4) is 0 Å². The summed E-state index contributed by atoms with van der Waals surface area (Å²) in [6.07, 6.45) is -3.55. The van der Waals surface area contributed by atoms with Gasteiger partial charge in [0.05, 0.1) is 22.9 Å². The fraction of sp³-hybridized carbons (Fsp3) is 0.207. The summed E-state index contributed by atoms with van der Waals surface area (Å²) in [5.41, 5.74) is 2.33. The zero-order valence-corrected chi connectivity index (χ0v) is 21.8. The van der Waals surface area contributed by atoms with Crippen LogP contribution in [0.25, 0.3) is 0 Å². The highest BCUT2D eigenvalue weighted by Gasteiger charge is 2.37. The van der Waals surface area contributed by atoms with E-state index in [1.54, 1.807) is 30.0 Å². The van der Waals surface area contributed by atoms with Crippen LogP contribution in [0.5, 0.6) is 0 Å². The molecule has 0 saturated carbocycles. The first-order valence-corrected chi connectivity index (χ1v) is 13.3. The van der Waals surface area contributed by atoms with Crippen molar-refractivity contribution in [2.45, 2.75) is 25.6 Å². The fourth-order valence-corrected chi connectivity index (χ4v) is 5.65. The molecule has 10 heteroatoms. The second-order valence-corrected chi connectivity index (χ2v) is 10.2. The van der Waals surface area contributed by atoms with Crippen molar-refractivity contribution >= 4 is 40.1 Å². The number of amides is 2. The van der Waals surface area contributed by atoms with Crippen LogP contribution in [0, 0.1) is 0 Å². The van der Waals surface area contributed by atoms with Crippen LogP contribution in [0.15, 0.2) is 95.1 Å². The third-order valence-electron chi connectivity index (χ3n) is 6.47. The van der Waals surface area contributed by atoms with Crippen molar-refractivity contribution in [3.05, 3.63) is 107 Å². The number of benzene rings is 3. The highest BCUT2D eigenvalue weighted by Crippen LogP contribution is 2.40. The van der Waals surface area contributed by atoms with E-state index in [2.05, 4.69) is 15.5 Å². The molecule has 5 rings (SSSR count). The van der Waals surface area contributed by atoms with Gasteiger partial charge in [-0.3, -0.25) is 9.59 Å². The lowest BCUT2D eigenvalue weighted by molar-refractivity contribution is -0.137. The average molecular weight is 551 g/mol. The van der Waals surface area contributed by atoms with Gasteiger partial charge in [-0.1, -0.05) is 42.1 Å². The minimum atomic E-state index is -4.48. The smallest absolute Gasteiger partial charge is 0.340 e. The number of thioether (sulfide) groups is 1. The van der Waals surface area contributed by atoms with Crippen molar-refractivity contribution in [1.29, 1.82) is 0 Å². The van der Waals surface area contributed by atoms with Gasteiger partial charge in [-0.2, -0.15) is 13.2 Å². The van der Waals surface area contributed by atoms with E-state index in [1.165, 1.54) is 0 Å². The predicted molar refractivity (Wildman–Crippen MR) is 148 cm³/mol. The molecule has 0 aliphatic carbocycles. The number of fused-ring (bicyclic) bond motifs is 1. The predicted octanol–water partition coefficient (Wildman–Crippen LogP) is 6.72. The SMILES string of the molecule is CC1=C(C(=O)Nc2ccccc2)C(c2cccc(NC(=O)c3ccc(C(F)(F)F)cc3)c2)N2CCCSC2=N1. The summed E-state index contributed by atoms with van der Waals surface area (Å²) in [6.45, 7) is 2.54. The molecule has 39 heavy (non-hydrogen) atoms. The molecule has 200 valence electrons. The Morgan fingerprint density at radius 1 is 0.923 bits per heavy atom. The van der Waals surface area contributed by atoms with E-state index in [9.17, 15) is 22.8 Å². The third kappa shape index (κ3) is 5.85. The Balaban J connectivity index is 1.44. The van der Waals surface area contributed by atoms with Crippen molar-refractivity contribution in [2.24, 2.45) is 4.99 Å². The number of alkyl halides is 3. The zero-order valence-electron chi connectivity index (χ0n) is 21.0. The first-order valence-electron chi connectivity index (χ1n) is 12.3. The van der Waals surface area contributed by atoms with E-state index in [-0.39, 0.29) is 11.5 Å². The van der Waals surface area contributed by atoms with Crippen LogP contribution in [0.2, 0.25) is 0 Å².